The minimum Gasteiger partial charge on any atom is -0.492 e. The number of piperazine rings is 1. The maximum absolute atomic E-state index is 5.88. The molecule has 0 spiro atoms. The van der Waals surface area contributed by atoms with Gasteiger partial charge in [-0.25, -0.2) is 0 Å². The lowest BCUT2D eigenvalue weighted by Crippen LogP contribution is -2.65. The van der Waals surface area contributed by atoms with E-state index < -0.39 is 0 Å². The van der Waals surface area contributed by atoms with Crippen LogP contribution in [0.2, 0.25) is 0 Å². The molecule has 1 aromatic rings. The van der Waals surface area contributed by atoms with E-state index >= 15 is 0 Å². The highest BCUT2D eigenvalue weighted by atomic mass is 16.5. The average Bonchev–Trinajstić information content (AvgIpc) is 2.37. The molecule has 21 heavy (non-hydrogen) atoms. The Morgan fingerprint density at radius 3 is 2.52 bits per heavy atom. The second kappa shape index (κ2) is 6.37. The number of hydrogen-bond acceptors (Lipinski definition) is 3. The van der Waals surface area contributed by atoms with Crippen LogP contribution in [0.3, 0.4) is 0 Å². The van der Waals surface area contributed by atoms with Gasteiger partial charge in [-0.15, -0.1) is 0 Å². The van der Waals surface area contributed by atoms with Gasteiger partial charge in [0.25, 0.3) is 0 Å². The molecule has 1 heterocycles. The van der Waals surface area contributed by atoms with Crippen molar-refractivity contribution >= 4 is 0 Å². The number of rotatable bonds is 4. The first kappa shape index (κ1) is 16.3. The fourth-order valence-electron chi connectivity index (χ4n) is 3.06. The van der Waals surface area contributed by atoms with Crippen molar-refractivity contribution in [2.75, 3.05) is 26.2 Å². The predicted molar refractivity (Wildman–Crippen MR) is 88.8 cm³/mol. The molecular formula is C18H30N2O. The van der Waals surface area contributed by atoms with Crippen LogP contribution in [0, 0.1) is 5.41 Å². The summed E-state index contributed by atoms with van der Waals surface area (Å²) in [6.45, 7) is 15.3. The summed E-state index contributed by atoms with van der Waals surface area (Å²) < 4.78 is 5.88. The molecule has 1 aliphatic rings. The van der Waals surface area contributed by atoms with Crippen molar-refractivity contribution in [1.82, 2.24) is 10.2 Å². The van der Waals surface area contributed by atoms with Gasteiger partial charge in [0.2, 0.25) is 0 Å². The number of hydrogen-bond donors (Lipinski definition) is 1. The van der Waals surface area contributed by atoms with E-state index in [1.54, 1.807) is 0 Å². The van der Waals surface area contributed by atoms with Crippen molar-refractivity contribution in [2.45, 2.75) is 46.2 Å². The topological polar surface area (TPSA) is 24.5 Å². The largest absolute Gasteiger partial charge is 0.492 e. The van der Waals surface area contributed by atoms with Crippen molar-refractivity contribution in [2.24, 2.45) is 5.41 Å². The van der Waals surface area contributed by atoms with Gasteiger partial charge < -0.3 is 10.1 Å². The van der Waals surface area contributed by atoms with Crippen molar-refractivity contribution in [3.63, 3.8) is 0 Å². The standard InChI is InChI=1S/C18H30N2O/c1-17(2,3)16-13-19-18(4,5)14-20(16)11-12-21-15-9-7-6-8-10-15/h6-10,16,19H,11-14H2,1-5H3. The molecule has 3 heteroatoms. The average molecular weight is 290 g/mol. The van der Waals surface area contributed by atoms with Gasteiger partial charge in [-0.05, 0) is 31.4 Å². The van der Waals surface area contributed by atoms with E-state index in [0.29, 0.717) is 6.04 Å². The second-order valence-electron chi connectivity index (χ2n) is 7.78. The number of ether oxygens (including phenoxy) is 1. The van der Waals surface area contributed by atoms with E-state index in [0.717, 1.165) is 32.0 Å². The maximum atomic E-state index is 5.88. The Bertz CT molecular complexity index is 436. The summed E-state index contributed by atoms with van der Waals surface area (Å²) in [5.41, 5.74) is 0.449. The zero-order valence-electron chi connectivity index (χ0n) is 14.1. The molecule has 0 aromatic heterocycles. The van der Waals surface area contributed by atoms with Crippen LogP contribution in [0.1, 0.15) is 34.6 Å². The summed E-state index contributed by atoms with van der Waals surface area (Å²) in [6.07, 6.45) is 0. The second-order valence-corrected chi connectivity index (χ2v) is 7.78. The summed E-state index contributed by atoms with van der Waals surface area (Å²) in [4.78, 5) is 2.58. The highest BCUT2D eigenvalue weighted by molar-refractivity contribution is 5.20. The SMILES string of the molecule is CC1(C)CN(CCOc2ccccc2)C(C(C)(C)C)CN1. The van der Waals surface area contributed by atoms with Gasteiger partial charge in [0, 0.05) is 31.2 Å². The lowest BCUT2D eigenvalue weighted by molar-refractivity contribution is 0.0245. The fraction of sp³-hybridized carbons (Fsp3) is 0.667. The van der Waals surface area contributed by atoms with Gasteiger partial charge in [-0.1, -0.05) is 39.0 Å². The van der Waals surface area contributed by atoms with E-state index in [1.807, 2.05) is 30.3 Å². The quantitative estimate of drug-likeness (QED) is 0.922. The minimum atomic E-state index is 0.175. The van der Waals surface area contributed by atoms with Gasteiger partial charge in [-0.3, -0.25) is 4.90 Å². The lowest BCUT2D eigenvalue weighted by Gasteiger charge is -2.49. The van der Waals surface area contributed by atoms with Gasteiger partial charge >= 0.3 is 0 Å². The highest BCUT2D eigenvalue weighted by Gasteiger charge is 2.38. The summed E-state index contributed by atoms with van der Waals surface area (Å²) in [5, 5.41) is 3.67. The first-order valence-corrected chi connectivity index (χ1v) is 7.95. The van der Waals surface area contributed by atoms with Crippen molar-refractivity contribution in [3.05, 3.63) is 30.3 Å². The lowest BCUT2D eigenvalue weighted by atomic mass is 9.82. The molecule has 2 rings (SSSR count). The maximum Gasteiger partial charge on any atom is 0.119 e. The van der Waals surface area contributed by atoms with Crippen LogP contribution in [0.15, 0.2) is 30.3 Å². The Morgan fingerprint density at radius 1 is 1.24 bits per heavy atom. The van der Waals surface area contributed by atoms with E-state index in [9.17, 15) is 0 Å². The number of nitrogens with zero attached hydrogens (tertiary/aromatic N) is 1. The molecular weight excluding hydrogens is 260 g/mol. The Morgan fingerprint density at radius 2 is 1.90 bits per heavy atom. The van der Waals surface area contributed by atoms with E-state index in [1.165, 1.54) is 0 Å². The Hall–Kier alpha value is -1.06. The van der Waals surface area contributed by atoms with Crippen LogP contribution >= 0.6 is 0 Å². The van der Waals surface area contributed by atoms with E-state index in [-0.39, 0.29) is 11.0 Å². The molecule has 1 fully saturated rings. The highest BCUT2D eigenvalue weighted by Crippen LogP contribution is 2.28. The molecule has 1 aliphatic heterocycles. The molecule has 1 atom stereocenters. The zero-order chi connectivity index (χ0) is 15.5. The van der Waals surface area contributed by atoms with E-state index in [2.05, 4.69) is 44.8 Å². The first-order valence-electron chi connectivity index (χ1n) is 7.95. The summed E-state index contributed by atoms with van der Waals surface area (Å²) in [7, 11) is 0. The number of para-hydroxylation sites is 1. The van der Waals surface area contributed by atoms with Crippen LogP contribution < -0.4 is 10.1 Å². The third-order valence-corrected chi connectivity index (χ3v) is 4.20. The molecule has 1 saturated heterocycles. The Kier molecular flexibility index (Phi) is 4.95. The molecule has 1 unspecified atom stereocenters. The van der Waals surface area contributed by atoms with Crippen LogP contribution in [-0.4, -0.2) is 42.7 Å². The fourth-order valence-corrected chi connectivity index (χ4v) is 3.06. The van der Waals surface area contributed by atoms with Gasteiger partial charge in [0.15, 0.2) is 0 Å². The van der Waals surface area contributed by atoms with Crippen molar-refractivity contribution in [1.29, 1.82) is 0 Å². The normalized spacial score (nSPS) is 23.0. The Labute approximate surface area is 129 Å². The summed E-state index contributed by atoms with van der Waals surface area (Å²) >= 11 is 0. The van der Waals surface area contributed by atoms with Crippen LogP contribution in [0.25, 0.3) is 0 Å². The smallest absolute Gasteiger partial charge is 0.119 e. The molecule has 1 aromatic carbocycles. The molecule has 1 N–H and O–H groups in total. The van der Waals surface area contributed by atoms with Crippen molar-refractivity contribution in [3.8, 4) is 5.75 Å². The zero-order valence-corrected chi connectivity index (χ0v) is 14.1. The van der Waals surface area contributed by atoms with Crippen molar-refractivity contribution < 1.29 is 4.74 Å². The summed E-state index contributed by atoms with van der Waals surface area (Å²) in [6, 6.07) is 10.6. The minimum absolute atomic E-state index is 0.175. The first-order chi connectivity index (χ1) is 9.78. The Balaban J connectivity index is 1.93. The van der Waals surface area contributed by atoms with Gasteiger partial charge in [-0.2, -0.15) is 0 Å². The number of benzene rings is 1. The molecule has 3 nitrogen and oxygen atoms in total. The molecule has 0 saturated carbocycles. The van der Waals surface area contributed by atoms with Crippen LogP contribution in [0.5, 0.6) is 5.75 Å². The van der Waals surface area contributed by atoms with Crippen LogP contribution in [-0.2, 0) is 0 Å². The third-order valence-electron chi connectivity index (χ3n) is 4.20. The molecule has 0 radical (unpaired) electrons. The van der Waals surface area contributed by atoms with E-state index in [4.69, 9.17) is 4.74 Å². The molecule has 0 aliphatic carbocycles. The third kappa shape index (κ3) is 4.72. The molecule has 0 bridgehead atoms. The summed E-state index contributed by atoms with van der Waals surface area (Å²) in [5.74, 6) is 0.958. The van der Waals surface area contributed by atoms with Gasteiger partial charge in [0.1, 0.15) is 12.4 Å². The molecule has 118 valence electrons. The monoisotopic (exact) mass is 290 g/mol. The van der Waals surface area contributed by atoms with Gasteiger partial charge in [0.05, 0.1) is 0 Å². The predicted octanol–water partition coefficient (Wildman–Crippen LogP) is 3.16. The number of nitrogens with one attached hydrogen (secondary N) is 1. The molecule has 0 amide bonds. The van der Waals surface area contributed by atoms with Crippen LogP contribution in [0.4, 0.5) is 0 Å².